The van der Waals surface area contributed by atoms with Gasteiger partial charge in [0.15, 0.2) is 0 Å². The largest absolute Gasteiger partial charge is 0.405 e. The minimum Gasteiger partial charge on any atom is -0.397 e. The maximum absolute atomic E-state index is 13.3. The summed E-state index contributed by atoms with van der Waals surface area (Å²) in [5, 5.41) is 8.76. The van der Waals surface area contributed by atoms with E-state index in [0.717, 1.165) is 11.0 Å². The van der Waals surface area contributed by atoms with E-state index >= 15 is 0 Å². The number of hydrogen-bond acceptors (Lipinski definition) is 3. The first-order valence-corrected chi connectivity index (χ1v) is 5.71. The smallest absolute Gasteiger partial charge is 0.397 e. The Bertz CT molecular complexity index is 425. The van der Waals surface area contributed by atoms with E-state index in [0.29, 0.717) is 0 Å². The van der Waals surface area contributed by atoms with Crippen LogP contribution >= 0.6 is 15.9 Å². The van der Waals surface area contributed by atoms with Crippen molar-refractivity contribution in [1.29, 1.82) is 0 Å². The van der Waals surface area contributed by atoms with Crippen LogP contribution in [0.4, 0.5) is 28.9 Å². The van der Waals surface area contributed by atoms with E-state index in [2.05, 4.69) is 15.9 Å². The van der Waals surface area contributed by atoms with Gasteiger partial charge in [-0.1, -0.05) is 0 Å². The number of benzene rings is 1. The lowest BCUT2D eigenvalue weighted by Crippen LogP contribution is -2.36. The molecule has 0 spiro atoms. The third-order valence-corrected chi connectivity index (χ3v) is 2.76. The van der Waals surface area contributed by atoms with Gasteiger partial charge in [0.05, 0.1) is 22.5 Å². The Hall–Kier alpha value is -1.02. The summed E-state index contributed by atoms with van der Waals surface area (Å²) < 4.78 is 50.5. The number of nitrogens with zero attached hydrogens (tertiary/aromatic N) is 1. The summed E-state index contributed by atoms with van der Waals surface area (Å²) >= 11 is 2.88. The van der Waals surface area contributed by atoms with Gasteiger partial charge >= 0.3 is 6.18 Å². The molecule has 0 saturated carbocycles. The van der Waals surface area contributed by atoms with Gasteiger partial charge in [0.1, 0.15) is 12.4 Å². The number of alkyl halides is 3. The van der Waals surface area contributed by atoms with Crippen molar-refractivity contribution in [3.8, 4) is 0 Å². The van der Waals surface area contributed by atoms with Crippen molar-refractivity contribution in [1.82, 2.24) is 0 Å². The van der Waals surface area contributed by atoms with Crippen LogP contribution in [-0.2, 0) is 0 Å². The second-order valence-electron chi connectivity index (χ2n) is 3.59. The van der Waals surface area contributed by atoms with Crippen molar-refractivity contribution in [2.24, 2.45) is 0 Å². The zero-order valence-corrected chi connectivity index (χ0v) is 10.7. The molecule has 3 N–H and O–H groups in total. The molecule has 102 valence electrons. The lowest BCUT2D eigenvalue weighted by atomic mass is 10.2. The van der Waals surface area contributed by atoms with Crippen LogP contribution in [0.2, 0.25) is 0 Å². The molecule has 1 rings (SSSR count). The number of aliphatic hydroxyl groups excluding tert-OH is 1. The summed E-state index contributed by atoms with van der Waals surface area (Å²) in [4.78, 5) is 0.783. The maximum Gasteiger partial charge on any atom is 0.405 e. The summed E-state index contributed by atoms with van der Waals surface area (Å²) in [6, 6.07) is 2.09. The van der Waals surface area contributed by atoms with E-state index in [1.54, 1.807) is 0 Å². The van der Waals surface area contributed by atoms with Crippen LogP contribution in [0, 0.1) is 5.82 Å². The van der Waals surface area contributed by atoms with Crippen LogP contribution < -0.4 is 10.6 Å². The van der Waals surface area contributed by atoms with Gasteiger partial charge in [-0.2, -0.15) is 13.2 Å². The van der Waals surface area contributed by atoms with Crippen molar-refractivity contribution >= 4 is 27.3 Å². The van der Waals surface area contributed by atoms with Crippen molar-refractivity contribution in [2.45, 2.75) is 6.18 Å². The van der Waals surface area contributed by atoms with E-state index < -0.39 is 25.1 Å². The Labute approximate surface area is 109 Å². The predicted octanol–water partition coefficient (Wildman–Crippen LogP) is 2.53. The van der Waals surface area contributed by atoms with E-state index in [4.69, 9.17) is 10.8 Å². The molecular formula is C10H11BrF4N2O. The number of aliphatic hydroxyl groups is 1. The Balaban J connectivity index is 3.09. The number of rotatable bonds is 4. The molecule has 0 atom stereocenters. The quantitative estimate of drug-likeness (QED) is 0.659. The molecule has 0 aliphatic heterocycles. The van der Waals surface area contributed by atoms with Crippen LogP contribution in [0.1, 0.15) is 0 Å². The average molecular weight is 331 g/mol. The van der Waals surface area contributed by atoms with E-state index in [1.165, 1.54) is 6.07 Å². The predicted molar refractivity (Wildman–Crippen MR) is 63.9 cm³/mol. The number of hydrogen-bond donors (Lipinski definition) is 2. The van der Waals surface area contributed by atoms with Crippen molar-refractivity contribution in [3.05, 3.63) is 22.4 Å². The summed E-state index contributed by atoms with van der Waals surface area (Å²) in [7, 11) is 0. The SMILES string of the molecule is Nc1cc(Br)c(F)cc1N(CCO)CC(F)(F)F. The molecule has 0 bridgehead atoms. The van der Waals surface area contributed by atoms with Crippen LogP contribution in [0.3, 0.4) is 0 Å². The van der Waals surface area contributed by atoms with Gasteiger partial charge in [-0.15, -0.1) is 0 Å². The fraction of sp³-hybridized carbons (Fsp3) is 0.400. The van der Waals surface area contributed by atoms with E-state index in [-0.39, 0.29) is 22.4 Å². The lowest BCUT2D eigenvalue weighted by Gasteiger charge is -2.26. The van der Waals surface area contributed by atoms with E-state index in [9.17, 15) is 17.6 Å². The number of halogens is 5. The van der Waals surface area contributed by atoms with Gasteiger partial charge in [0.25, 0.3) is 0 Å². The maximum atomic E-state index is 13.3. The molecule has 0 amide bonds. The van der Waals surface area contributed by atoms with E-state index in [1.807, 2.05) is 0 Å². The molecule has 1 aromatic carbocycles. The monoisotopic (exact) mass is 330 g/mol. The standard InChI is InChI=1S/C10H11BrF4N2O/c11-6-3-8(16)9(4-7(6)12)17(1-2-18)5-10(13,14)15/h3-4,18H,1-2,5,16H2. The molecule has 18 heavy (non-hydrogen) atoms. The summed E-state index contributed by atoms with van der Waals surface area (Å²) in [6.45, 7) is -2.09. The first kappa shape index (κ1) is 15.0. The van der Waals surface area contributed by atoms with Gasteiger partial charge in [-0.25, -0.2) is 4.39 Å². The number of nitrogens with two attached hydrogens (primary N) is 1. The van der Waals surface area contributed by atoms with Crippen LogP contribution in [-0.4, -0.2) is 31.0 Å². The molecule has 0 saturated heterocycles. The number of nitrogen functional groups attached to an aromatic ring is 1. The Kier molecular flexibility index (Phi) is 4.80. The Morgan fingerprint density at radius 3 is 2.44 bits per heavy atom. The first-order valence-electron chi connectivity index (χ1n) is 4.91. The fourth-order valence-corrected chi connectivity index (χ4v) is 1.81. The normalized spacial score (nSPS) is 11.7. The third kappa shape index (κ3) is 4.02. The highest BCUT2D eigenvalue weighted by Gasteiger charge is 2.31. The molecule has 0 radical (unpaired) electrons. The van der Waals surface area contributed by atoms with Gasteiger partial charge in [-0.3, -0.25) is 0 Å². The van der Waals surface area contributed by atoms with Crippen molar-refractivity contribution in [2.75, 3.05) is 30.3 Å². The summed E-state index contributed by atoms with van der Waals surface area (Å²) in [6.07, 6.45) is -4.47. The molecule has 1 aromatic rings. The van der Waals surface area contributed by atoms with Crippen molar-refractivity contribution in [3.63, 3.8) is 0 Å². The zero-order chi connectivity index (χ0) is 13.9. The molecule has 0 unspecified atom stereocenters. The highest BCUT2D eigenvalue weighted by molar-refractivity contribution is 9.10. The topological polar surface area (TPSA) is 49.5 Å². The lowest BCUT2D eigenvalue weighted by molar-refractivity contribution is -0.119. The van der Waals surface area contributed by atoms with Crippen LogP contribution in [0.25, 0.3) is 0 Å². The third-order valence-electron chi connectivity index (χ3n) is 2.15. The molecule has 0 aliphatic carbocycles. The van der Waals surface area contributed by atoms with Crippen LogP contribution in [0.15, 0.2) is 16.6 Å². The zero-order valence-electron chi connectivity index (χ0n) is 9.14. The molecule has 0 fully saturated rings. The number of anilines is 2. The second kappa shape index (κ2) is 5.75. The molecule has 3 nitrogen and oxygen atoms in total. The van der Waals surface area contributed by atoms with Gasteiger partial charge in [0.2, 0.25) is 0 Å². The molecule has 0 aromatic heterocycles. The minimum atomic E-state index is -4.47. The van der Waals surface area contributed by atoms with Gasteiger partial charge in [-0.05, 0) is 22.0 Å². The molecular weight excluding hydrogens is 320 g/mol. The highest BCUT2D eigenvalue weighted by Crippen LogP contribution is 2.31. The van der Waals surface area contributed by atoms with Crippen molar-refractivity contribution < 1.29 is 22.7 Å². The summed E-state index contributed by atoms with van der Waals surface area (Å²) in [5.41, 5.74) is 5.46. The average Bonchev–Trinajstić information content (AvgIpc) is 2.21. The minimum absolute atomic E-state index is 0.000903. The first-order chi connectivity index (χ1) is 8.24. The molecule has 0 aliphatic rings. The molecule has 8 heteroatoms. The summed E-state index contributed by atoms with van der Waals surface area (Å²) in [5.74, 6) is -0.718. The Morgan fingerprint density at radius 1 is 1.33 bits per heavy atom. The highest BCUT2D eigenvalue weighted by atomic mass is 79.9. The fourth-order valence-electron chi connectivity index (χ4n) is 1.45. The second-order valence-corrected chi connectivity index (χ2v) is 4.44. The van der Waals surface area contributed by atoms with Crippen LogP contribution in [0.5, 0.6) is 0 Å². The van der Waals surface area contributed by atoms with Gasteiger partial charge in [0, 0.05) is 12.6 Å². The molecule has 0 heterocycles. The Morgan fingerprint density at radius 2 is 1.94 bits per heavy atom. The van der Waals surface area contributed by atoms with Gasteiger partial charge < -0.3 is 15.7 Å².